The van der Waals surface area contributed by atoms with Crippen LogP contribution in [0.2, 0.25) is 0 Å². The van der Waals surface area contributed by atoms with Gasteiger partial charge in [0.25, 0.3) is 0 Å². The lowest BCUT2D eigenvalue weighted by Gasteiger charge is -2.26. The highest BCUT2D eigenvalue weighted by Gasteiger charge is 2.16. The summed E-state index contributed by atoms with van der Waals surface area (Å²) in [6.45, 7) is 4.29. The molecule has 9 aromatic carbocycles. The molecule has 0 aromatic heterocycles. The van der Waals surface area contributed by atoms with Crippen LogP contribution in [0.5, 0.6) is 0 Å². The van der Waals surface area contributed by atoms with Crippen molar-refractivity contribution < 1.29 is 19.8 Å². The molecule has 0 fully saturated rings. The second-order valence-corrected chi connectivity index (χ2v) is 17.7. The Hall–Kier alpha value is -10.1. The number of aryl methyl sites for hydroxylation is 2. The number of carboxylic acids is 2. The van der Waals surface area contributed by atoms with Crippen LogP contribution in [0, 0.1) is 36.5 Å². The number of fused-ring (bicyclic) bond motifs is 2. The van der Waals surface area contributed by atoms with E-state index in [1.807, 2.05) is 54.6 Å². The van der Waals surface area contributed by atoms with Crippen molar-refractivity contribution in [3.8, 4) is 12.1 Å². The van der Waals surface area contributed by atoms with Gasteiger partial charge in [0.05, 0.1) is 0 Å². The highest BCUT2D eigenvalue weighted by atomic mass is 16.4. The number of anilines is 3. The second-order valence-electron chi connectivity index (χ2n) is 17.7. The lowest BCUT2D eigenvalue weighted by atomic mass is 9.93. The molecule has 350 valence electrons. The molecule has 0 saturated heterocycles. The summed E-state index contributed by atoms with van der Waals surface area (Å²) < 4.78 is 0. The van der Waals surface area contributed by atoms with Gasteiger partial charge in [0.15, 0.2) is 0 Å². The molecule has 0 bridgehead atoms. The highest BCUT2D eigenvalue weighted by molar-refractivity contribution is 5.98. The van der Waals surface area contributed by atoms with Gasteiger partial charge in [0.2, 0.25) is 0 Å². The van der Waals surface area contributed by atoms with Gasteiger partial charge in [-0.1, -0.05) is 170 Å². The molecule has 9 rings (SSSR count). The summed E-state index contributed by atoms with van der Waals surface area (Å²) in [7, 11) is 0. The van der Waals surface area contributed by atoms with Gasteiger partial charge in [-0.2, -0.15) is 10.5 Å². The van der Waals surface area contributed by atoms with Crippen molar-refractivity contribution in [1.82, 2.24) is 0 Å². The quantitative estimate of drug-likeness (QED) is 0.0632. The zero-order chi connectivity index (χ0) is 50.8. The monoisotopic (exact) mass is 945 g/mol. The first kappa shape index (κ1) is 48.0. The Balaban J connectivity index is 1.04. The maximum absolute atomic E-state index is 11.3. The number of benzene rings is 9. The number of hydrogen-bond acceptors (Lipinski definition) is 5. The highest BCUT2D eigenvalue weighted by Crippen LogP contribution is 2.39. The summed E-state index contributed by atoms with van der Waals surface area (Å²) in [6.07, 6.45) is 13.1. The van der Waals surface area contributed by atoms with Crippen LogP contribution in [0.1, 0.15) is 61.2 Å². The Morgan fingerprint density at radius 2 is 0.795 bits per heavy atom. The molecular weight excluding hydrogens is 899 g/mol. The Labute approximate surface area is 424 Å². The zero-order valence-corrected chi connectivity index (χ0v) is 40.1. The van der Waals surface area contributed by atoms with Gasteiger partial charge in [0, 0.05) is 17.1 Å². The van der Waals surface area contributed by atoms with E-state index >= 15 is 0 Å². The van der Waals surface area contributed by atoms with Crippen molar-refractivity contribution in [2.45, 2.75) is 13.8 Å². The summed E-state index contributed by atoms with van der Waals surface area (Å²) >= 11 is 0. The Bertz CT molecular complexity index is 3630. The van der Waals surface area contributed by atoms with E-state index in [1.165, 1.54) is 28.8 Å². The normalized spacial score (nSPS) is 12.0. The Morgan fingerprint density at radius 3 is 1.26 bits per heavy atom. The molecule has 0 atom stereocenters. The molecule has 7 heteroatoms. The molecule has 0 aliphatic rings. The lowest BCUT2D eigenvalue weighted by molar-refractivity contribution is -0.133. The summed E-state index contributed by atoms with van der Waals surface area (Å²) in [5.41, 5.74) is 14.7. The van der Waals surface area contributed by atoms with Crippen molar-refractivity contribution >= 4 is 98.7 Å². The third kappa shape index (κ3) is 11.5. The molecule has 9 aromatic rings. The van der Waals surface area contributed by atoms with Crippen LogP contribution in [0.25, 0.3) is 69.7 Å². The molecule has 0 spiro atoms. The number of rotatable bonds is 14. The van der Waals surface area contributed by atoms with E-state index in [0.717, 1.165) is 77.6 Å². The van der Waals surface area contributed by atoms with E-state index in [1.54, 1.807) is 36.4 Å². The predicted octanol–water partition coefficient (Wildman–Crippen LogP) is 16.0. The van der Waals surface area contributed by atoms with Crippen molar-refractivity contribution in [1.29, 1.82) is 10.5 Å². The second kappa shape index (κ2) is 21.7. The van der Waals surface area contributed by atoms with Gasteiger partial charge in [-0.3, -0.25) is 0 Å². The summed E-state index contributed by atoms with van der Waals surface area (Å²) in [4.78, 5) is 24.9. The van der Waals surface area contributed by atoms with E-state index in [9.17, 15) is 19.8 Å². The Morgan fingerprint density at radius 1 is 0.397 bits per heavy atom. The van der Waals surface area contributed by atoms with Gasteiger partial charge < -0.3 is 15.1 Å². The molecule has 0 saturated carbocycles. The minimum absolute atomic E-state index is 0.314. The van der Waals surface area contributed by atoms with Crippen LogP contribution >= 0.6 is 0 Å². The van der Waals surface area contributed by atoms with E-state index in [-0.39, 0.29) is 11.1 Å². The minimum Gasteiger partial charge on any atom is -0.477 e. The van der Waals surface area contributed by atoms with Gasteiger partial charge in [-0.05, 0) is 169 Å². The van der Waals surface area contributed by atoms with Crippen LogP contribution in [0.15, 0.2) is 205 Å². The fourth-order valence-electron chi connectivity index (χ4n) is 8.59. The first-order chi connectivity index (χ1) is 35.5. The molecule has 0 unspecified atom stereocenters. The van der Waals surface area contributed by atoms with Gasteiger partial charge in [0.1, 0.15) is 23.3 Å². The van der Waals surface area contributed by atoms with Crippen LogP contribution in [0.3, 0.4) is 0 Å². The number of nitriles is 2. The molecule has 0 radical (unpaired) electrons. The minimum atomic E-state index is -1.25. The van der Waals surface area contributed by atoms with Crippen molar-refractivity contribution in [3.05, 3.63) is 266 Å². The molecule has 7 nitrogen and oxygen atoms in total. The maximum atomic E-state index is 11.3. The summed E-state index contributed by atoms with van der Waals surface area (Å²) in [6, 6.07) is 69.9. The fraction of sp³-hybridized carbons (Fsp3) is 0.0303. The predicted molar refractivity (Wildman–Crippen MR) is 299 cm³/mol. The SMILES string of the molecule is Cc1ccc(/C(=C/c2ccc(N(c3ccc4cc(/C=C/c5ccc(/C=C(\C#N)C(=O)O)cc5)ccc4c3)c3ccc4cc(/C=C/c5ccc(/C=C(\C#N)C(=O)O)cc5)ccc4c3)cc2)c2ccccc2)cc1C. The standard InChI is InChI=1S/C66H47N3O4/c1-44-8-25-58(34-45(44)2)64(53-6-4-3-5-7-53)39-52-23-30-61(31-24-52)69(62-32-28-54-35-50(21-26-56(54)40-62)19-13-46-9-15-48(16-10-46)37-59(42-67)65(70)71)63-33-29-55-36-51(22-27-57(55)41-63)20-14-47-11-17-49(18-12-47)38-60(43-68)66(72)73/h3-41H,1-2H3,(H,70,71)(H,72,73)/b19-13+,20-14+,59-37+,60-38+,64-39+. The van der Waals surface area contributed by atoms with Crippen LogP contribution in [-0.4, -0.2) is 22.2 Å². The van der Waals surface area contributed by atoms with Crippen molar-refractivity contribution in [2.75, 3.05) is 4.90 Å². The Kier molecular flexibility index (Phi) is 14.3. The van der Waals surface area contributed by atoms with Crippen LogP contribution in [0.4, 0.5) is 17.1 Å². The summed E-state index contributed by atoms with van der Waals surface area (Å²) in [5.74, 6) is -2.51. The fourth-order valence-corrected chi connectivity index (χ4v) is 8.59. The number of carbonyl (C=O) groups is 2. The van der Waals surface area contributed by atoms with E-state index in [4.69, 9.17) is 10.5 Å². The third-order valence-electron chi connectivity index (χ3n) is 12.7. The van der Waals surface area contributed by atoms with Crippen molar-refractivity contribution in [2.24, 2.45) is 0 Å². The van der Waals surface area contributed by atoms with Gasteiger partial charge >= 0.3 is 11.9 Å². The number of nitrogens with zero attached hydrogens (tertiary/aromatic N) is 3. The molecule has 0 heterocycles. The maximum Gasteiger partial charge on any atom is 0.346 e. The smallest absolute Gasteiger partial charge is 0.346 e. The molecule has 73 heavy (non-hydrogen) atoms. The lowest BCUT2D eigenvalue weighted by Crippen LogP contribution is -2.10. The average Bonchev–Trinajstić information content (AvgIpc) is 3.41. The van der Waals surface area contributed by atoms with E-state index in [0.29, 0.717) is 11.1 Å². The number of aliphatic carboxylic acids is 2. The molecule has 0 aliphatic heterocycles. The largest absolute Gasteiger partial charge is 0.477 e. The average molecular weight is 946 g/mol. The van der Waals surface area contributed by atoms with E-state index < -0.39 is 11.9 Å². The molecule has 0 amide bonds. The van der Waals surface area contributed by atoms with Crippen molar-refractivity contribution in [3.63, 3.8) is 0 Å². The number of carboxylic acid groups (broad SMARTS) is 2. The third-order valence-corrected chi connectivity index (χ3v) is 12.7. The number of hydrogen-bond donors (Lipinski definition) is 2. The molecule has 0 aliphatic carbocycles. The molecular formula is C66H47N3O4. The van der Waals surface area contributed by atoms with Gasteiger partial charge in [-0.15, -0.1) is 0 Å². The first-order valence-corrected chi connectivity index (χ1v) is 23.6. The topological polar surface area (TPSA) is 125 Å². The summed E-state index contributed by atoms with van der Waals surface area (Å²) in [5, 5.41) is 41.0. The van der Waals surface area contributed by atoms with Gasteiger partial charge in [-0.25, -0.2) is 9.59 Å². The molecule has 2 N–H and O–H groups in total. The van der Waals surface area contributed by atoms with Crippen LogP contribution in [-0.2, 0) is 9.59 Å². The van der Waals surface area contributed by atoms with Crippen LogP contribution < -0.4 is 4.90 Å². The zero-order valence-electron chi connectivity index (χ0n) is 40.1. The van der Waals surface area contributed by atoms with E-state index in [2.05, 4.69) is 164 Å². The first-order valence-electron chi connectivity index (χ1n) is 23.6.